The Bertz CT molecular complexity index is 773. The third-order valence-electron chi connectivity index (χ3n) is 4.39. The predicted octanol–water partition coefficient (Wildman–Crippen LogP) is 2.66. The number of hydrogen-bond donors (Lipinski definition) is 3. The molecule has 1 aromatic carbocycles. The Hall–Kier alpha value is -2.12. The molecular formula is C17H19N5OS. The van der Waals surface area contributed by atoms with E-state index in [-0.39, 0.29) is 6.10 Å². The van der Waals surface area contributed by atoms with Crippen molar-refractivity contribution in [2.75, 3.05) is 18.4 Å². The van der Waals surface area contributed by atoms with Crippen LogP contribution in [0.3, 0.4) is 0 Å². The number of anilines is 2. The van der Waals surface area contributed by atoms with Gasteiger partial charge in [-0.1, -0.05) is 17.8 Å². The van der Waals surface area contributed by atoms with E-state index in [9.17, 15) is 5.11 Å². The van der Waals surface area contributed by atoms with Gasteiger partial charge in [0.15, 0.2) is 5.82 Å². The first kappa shape index (κ1) is 15.4. The largest absolute Gasteiger partial charge is 0.393 e. The van der Waals surface area contributed by atoms with Gasteiger partial charge in [0.1, 0.15) is 10.9 Å². The lowest BCUT2D eigenvalue weighted by atomic mass is 10.1. The highest BCUT2D eigenvalue weighted by Gasteiger charge is 2.21. The van der Waals surface area contributed by atoms with Crippen LogP contribution in [-0.4, -0.2) is 45.0 Å². The van der Waals surface area contributed by atoms with Crippen LogP contribution in [0.2, 0.25) is 0 Å². The van der Waals surface area contributed by atoms with Gasteiger partial charge in [-0.05, 0) is 30.5 Å². The third-order valence-corrected chi connectivity index (χ3v) is 5.45. The van der Waals surface area contributed by atoms with Gasteiger partial charge < -0.3 is 15.3 Å². The maximum atomic E-state index is 9.59. The molecule has 0 saturated carbocycles. The fourth-order valence-electron chi connectivity index (χ4n) is 3.03. The van der Waals surface area contributed by atoms with Crippen molar-refractivity contribution in [2.45, 2.75) is 35.3 Å². The summed E-state index contributed by atoms with van der Waals surface area (Å²) in [5.74, 6) is 1.40. The SMILES string of the molecule is N=C(Cc1ccc2c(c1)Nc1nccnc1S2)N1CCC(O)CC1. The van der Waals surface area contributed by atoms with Crippen molar-refractivity contribution in [3.8, 4) is 0 Å². The zero-order chi connectivity index (χ0) is 16.5. The minimum absolute atomic E-state index is 0.208. The van der Waals surface area contributed by atoms with Gasteiger partial charge in [0.25, 0.3) is 0 Å². The maximum Gasteiger partial charge on any atom is 0.163 e. The fraction of sp³-hybridized carbons (Fsp3) is 0.353. The quantitative estimate of drug-likeness (QED) is 0.491. The van der Waals surface area contributed by atoms with Crippen molar-refractivity contribution in [2.24, 2.45) is 0 Å². The van der Waals surface area contributed by atoms with Crippen LogP contribution in [0.15, 0.2) is 40.5 Å². The Morgan fingerprint density at radius 1 is 1.29 bits per heavy atom. The zero-order valence-electron chi connectivity index (χ0n) is 13.2. The minimum atomic E-state index is -0.208. The van der Waals surface area contributed by atoms with Gasteiger partial charge in [0.05, 0.1) is 11.8 Å². The molecular weight excluding hydrogens is 322 g/mol. The highest BCUT2D eigenvalue weighted by molar-refractivity contribution is 7.99. The molecule has 3 heterocycles. The van der Waals surface area contributed by atoms with Crippen molar-refractivity contribution in [3.05, 3.63) is 36.2 Å². The number of fused-ring (bicyclic) bond motifs is 2. The van der Waals surface area contributed by atoms with Crippen LogP contribution in [0, 0.1) is 5.41 Å². The van der Waals surface area contributed by atoms with Gasteiger partial charge in [-0.2, -0.15) is 0 Å². The molecule has 4 rings (SSSR count). The summed E-state index contributed by atoms with van der Waals surface area (Å²) in [7, 11) is 0. The number of hydrogen-bond acceptors (Lipinski definition) is 6. The molecule has 1 saturated heterocycles. The summed E-state index contributed by atoms with van der Waals surface area (Å²) in [4.78, 5) is 11.8. The highest BCUT2D eigenvalue weighted by Crippen LogP contribution is 2.42. The molecule has 2 aromatic rings. The number of likely N-dealkylation sites (tertiary alicyclic amines) is 1. The Labute approximate surface area is 144 Å². The van der Waals surface area contributed by atoms with Gasteiger partial charge >= 0.3 is 0 Å². The Morgan fingerprint density at radius 2 is 2.08 bits per heavy atom. The molecule has 1 aromatic heterocycles. The lowest BCUT2D eigenvalue weighted by Gasteiger charge is -2.31. The van der Waals surface area contributed by atoms with Gasteiger partial charge in [-0.3, -0.25) is 5.41 Å². The Balaban J connectivity index is 1.47. The average Bonchev–Trinajstić information content (AvgIpc) is 2.60. The normalized spacial score (nSPS) is 17.0. The molecule has 2 aliphatic heterocycles. The summed E-state index contributed by atoms with van der Waals surface area (Å²) < 4.78 is 0. The number of aliphatic hydroxyl groups excluding tert-OH is 1. The van der Waals surface area contributed by atoms with E-state index in [1.165, 1.54) is 0 Å². The molecule has 0 spiro atoms. The number of amidine groups is 1. The van der Waals surface area contributed by atoms with E-state index in [0.717, 1.165) is 52.9 Å². The molecule has 6 nitrogen and oxygen atoms in total. The molecule has 3 N–H and O–H groups in total. The van der Waals surface area contributed by atoms with E-state index in [4.69, 9.17) is 5.41 Å². The van der Waals surface area contributed by atoms with E-state index >= 15 is 0 Å². The van der Waals surface area contributed by atoms with Crippen molar-refractivity contribution in [1.82, 2.24) is 14.9 Å². The monoisotopic (exact) mass is 341 g/mol. The van der Waals surface area contributed by atoms with E-state index < -0.39 is 0 Å². The molecule has 0 amide bonds. The van der Waals surface area contributed by atoms with Crippen molar-refractivity contribution >= 4 is 29.1 Å². The molecule has 24 heavy (non-hydrogen) atoms. The molecule has 0 unspecified atom stereocenters. The zero-order valence-corrected chi connectivity index (χ0v) is 14.0. The Morgan fingerprint density at radius 3 is 2.92 bits per heavy atom. The second kappa shape index (κ2) is 6.41. The molecule has 0 bridgehead atoms. The first-order valence-electron chi connectivity index (χ1n) is 8.08. The number of nitrogens with zero attached hydrogens (tertiary/aromatic N) is 3. The molecule has 0 radical (unpaired) electrons. The molecule has 1 fully saturated rings. The lowest BCUT2D eigenvalue weighted by molar-refractivity contribution is 0.108. The number of rotatable bonds is 2. The molecule has 0 aliphatic carbocycles. The standard InChI is InChI=1S/C17H19N5OS/c18-15(22-7-3-12(23)4-8-22)10-11-1-2-14-13(9-11)21-16-17(24-14)20-6-5-19-16/h1-2,5-6,9,12,18,23H,3-4,7-8,10H2,(H,19,21). The summed E-state index contributed by atoms with van der Waals surface area (Å²) >= 11 is 1.61. The topological polar surface area (TPSA) is 85.1 Å². The molecule has 7 heteroatoms. The van der Waals surface area contributed by atoms with E-state index in [2.05, 4.69) is 38.4 Å². The van der Waals surface area contributed by atoms with Crippen molar-refractivity contribution in [3.63, 3.8) is 0 Å². The van der Waals surface area contributed by atoms with Crippen LogP contribution in [-0.2, 0) is 6.42 Å². The van der Waals surface area contributed by atoms with Gasteiger partial charge in [-0.15, -0.1) is 0 Å². The fourth-order valence-corrected chi connectivity index (χ4v) is 3.91. The second-order valence-electron chi connectivity index (χ2n) is 6.11. The van der Waals surface area contributed by atoms with E-state index in [1.54, 1.807) is 24.2 Å². The van der Waals surface area contributed by atoms with E-state index in [0.29, 0.717) is 12.3 Å². The van der Waals surface area contributed by atoms with Gasteiger partial charge in [0, 0.05) is 36.8 Å². The number of aliphatic hydroxyl groups is 1. The average molecular weight is 341 g/mol. The first-order valence-corrected chi connectivity index (χ1v) is 8.90. The van der Waals surface area contributed by atoms with Gasteiger partial charge in [0.2, 0.25) is 0 Å². The number of benzene rings is 1. The van der Waals surface area contributed by atoms with Crippen LogP contribution in [0.1, 0.15) is 18.4 Å². The first-order chi connectivity index (χ1) is 11.7. The van der Waals surface area contributed by atoms with Crippen molar-refractivity contribution in [1.29, 1.82) is 5.41 Å². The Kier molecular flexibility index (Phi) is 4.12. The lowest BCUT2D eigenvalue weighted by Crippen LogP contribution is -2.40. The molecule has 2 aliphatic rings. The smallest absolute Gasteiger partial charge is 0.163 e. The number of aromatic nitrogens is 2. The van der Waals surface area contributed by atoms with Crippen LogP contribution in [0.4, 0.5) is 11.5 Å². The minimum Gasteiger partial charge on any atom is -0.393 e. The van der Waals surface area contributed by atoms with Crippen LogP contribution < -0.4 is 5.32 Å². The van der Waals surface area contributed by atoms with Gasteiger partial charge in [-0.25, -0.2) is 9.97 Å². The predicted molar refractivity (Wildman–Crippen MR) is 94.1 cm³/mol. The summed E-state index contributed by atoms with van der Waals surface area (Å²) in [6.45, 7) is 1.53. The van der Waals surface area contributed by atoms with Crippen LogP contribution in [0.5, 0.6) is 0 Å². The van der Waals surface area contributed by atoms with Crippen LogP contribution in [0.25, 0.3) is 0 Å². The summed E-state index contributed by atoms with van der Waals surface area (Å²) in [6, 6.07) is 6.24. The van der Waals surface area contributed by atoms with Crippen LogP contribution >= 0.6 is 11.8 Å². The molecule has 0 atom stereocenters. The summed E-state index contributed by atoms with van der Waals surface area (Å²) in [5.41, 5.74) is 2.12. The number of nitrogens with one attached hydrogen (secondary N) is 2. The summed E-state index contributed by atoms with van der Waals surface area (Å²) in [5, 5.41) is 22.1. The maximum absolute atomic E-state index is 9.59. The second-order valence-corrected chi connectivity index (χ2v) is 7.14. The van der Waals surface area contributed by atoms with E-state index in [1.807, 2.05) is 0 Å². The van der Waals surface area contributed by atoms with Crippen molar-refractivity contribution < 1.29 is 5.11 Å². The molecule has 124 valence electrons. The highest BCUT2D eigenvalue weighted by atomic mass is 32.2. The third kappa shape index (κ3) is 3.09. The number of piperidine rings is 1. The summed E-state index contributed by atoms with van der Waals surface area (Å²) in [6.07, 6.45) is 5.27.